The van der Waals surface area contributed by atoms with Gasteiger partial charge in [-0.3, -0.25) is 9.69 Å². The molecule has 0 unspecified atom stereocenters. The van der Waals surface area contributed by atoms with Crippen LogP contribution in [-0.4, -0.2) is 69.6 Å². The van der Waals surface area contributed by atoms with Gasteiger partial charge in [0.2, 0.25) is 0 Å². The normalized spacial score (nSPS) is 20.8. The Morgan fingerprint density at radius 1 is 0.941 bits per heavy atom. The van der Waals surface area contributed by atoms with Gasteiger partial charge in [-0.05, 0) is 6.92 Å². The number of nitrogens with zero attached hydrogens (tertiary/aromatic N) is 1. The predicted molar refractivity (Wildman–Crippen MR) is 72.5 cm³/mol. The van der Waals surface area contributed by atoms with Gasteiger partial charge in [0, 0.05) is 52.4 Å². The van der Waals surface area contributed by atoms with Crippen molar-refractivity contribution in [3.63, 3.8) is 0 Å². The molecule has 0 radical (unpaired) electrons. The molecule has 0 bridgehead atoms. The van der Waals surface area contributed by atoms with Crippen molar-refractivity contribution in [2.75, 3.05) is 58.9 Å². The Hall–Kier alpha value is -0.490. The second-order valence-corrected chi connectivity index (χ2v) is 4.23. The smallest absolute Gasteiger partial charge is 0.143 e. The molecule has 5 nitrogen and oxygen atoms in total. The highest BCUT2D eigenvalue weighted by Gasteiger charge is 2.07. The van der Waals surface area contributed by atoms with Crippen LogP contribution in [0.2, 0.25) is 0 Å². The lowest BCUT2D eigenvalue weighted by Crippen LogP contribution is -2.43. The van der Waals surface area contributed by atoms with Gasteiger partial charge < -0.3 is 16.0 Å². The number of nitrogens with one attached hydrogen (secondary N) is 3. The molecular formula is C12H28N4O. The zero-order valence-electron chi connectivity index (χ0n) is 10.2. The summed E-state index contributed by atoms with van der Waals surface area (Å²) in [6.45, 7) is 10.0. The predicted octanol–water partition coefficient (Wildman–Crippen LogP) is -0.704. The molecule has 3 N–H and O–H groups in total. The van der Waals surface area contributed by atoms with Gasteiger partial charge in [-0.1, -0.05) is 7.43 Å². The van der Waals surface area contributed by atoms with Crippen LogP contribution in [0, 0.1) is 0 Å². The van der Waals surface area contributed by atoms with Crippen molar-refractivity contribution in [1.29, 1.82) is 0 Å². The fraction of sp³-hybridized carbons (Fsp3) is 0.917. The average Bonchev–Trinajstić information content (AvgIpc) is 2.21. The van der Waals surface area contributed by atoms with Crippen LogP contribution in [0.5, 0.6) is 0 Å². The molecule has 17 heavy (non-hydrogen) atoms. The van der Waals surface area contributed by atoms with E-state index >= 15 is 0 Å². The molecule has 0 atom stereocenters. The summed E-state index contributed by atoms with van der Waals surface area (Å²) in [6, 6.07) is 0. The first-order chi connectivity index (χ1) is 7.79. The zero-order valence-corrected chi connectivity index (χ0v) is 10.2. The van der Waals surface area contributed by atoms with Gasteiger partial charge >= 0.3 is 0 Å². The van der Waals surface area contributed by atoms with E-state index in [1.165, 1.54) is 0 Å². The molecule has 0 aromatic carbocycles. The second-order valence-electron chi connectivity index (χ2n) is 4.23. The van der Waals surface area contributed by atoms with Crippen molar-refractivity contribution in [3.8, 4) is 0 Å². The molecule has 0 amide bonds. The van der Waals surface area contributed by atoms with Gasteiger partial charge in [0.1, 0.15) is 5.78 Å². The maximum atomic E-state index is 11.1. The van der Waals surface area contributed by atoms with E-state index in [2.05, 4.69) is 20.9 Å². The van der Waals surface area contributed by atoms with E-state index in [-0.39, 0.29) is 13.2 Å². The molecule has 1 heterocycles. The third kappa shape index (κ3) is 9.23. The van der Waals surface area contributed by atoms with E-state index in [9.17, 15) is 4.79 Å². The van der Waals surface area contributed by atoms with Crippen molar-refractivity contribution in [1.82, 2.24) is 20.9 Å². The number of Topliss-reactive ketones (excluding diaryl/α,β-unsaturated/α-hetero) is 1. The quantitative estimate of drug-likeness (QED) is 0.599. The van der Waals surface area contributed by atoms with Gasteiger partial charge in [0.05, 0.1) is 6.54 Å². The summed E-state index contributed by atoms with van der Waals surface area (Å²) in [7, 11) is 0. The number of rotatable bonds is 2. The van der Waals surface area contributed by atoms with Gasteiger partial charge in [-0.2, -0.15) is 0 Å². The minimum atomic E-state index is 0. The van der Waals surface area contributed by atoms with Crippen LogP contribution in [0.15, 0.2) is 0 Å². The highest BCUT2D eigenvalue weighted by molar-refractivity contribution is 5.77. The SMILES string of the molecule is C.CC(=O)CN1CCNCCNCCNCC1. The van der Waals surface area contributed by atoms with Crippen LogP contribution in [0.3, 0.4) is 0 Å². The van der Waals surface area contributed by atoms with Crippen LogP contribution in [-0.2, 0) is 4.79 Å². The maximum absolute atomic E-state index is 11.1. The Labute approximate surface area is 105 Å². The van der Waals surface area contributed by atoms with Gasteiger partial charge in [-0.25, -0.2) is 0 Å². The summed E-state index contributed by atoms with van der Waals surface area (Å²) in [4.78, 5) is 13.3. The lowest BCUT2D eigenvalue weighted by atomic mass is 10.3. The Balaban J connectivity index is 0.00000256. The lowest BCUT2D eigenvalue weighted by Gasteiger charge is -2.22. The summed E-state index contributed by atoms with van der Waals surface area (Å²) in [5.74, 6) is 0.244. The second kappa shape index (κ2) is 10.7. The molecule has 1 saturated heterocycles. The fourth-order valence-corrected chi connectivity index (χ4v) is 1.79. The van der Waals surface area contributed by atoms with Crippen LogP contribution in [0.4, 0.5) is 0 Å². The number of carbonyl (C=O) groups excluding carboxylic acids is 1. The molecule has 0 saturated carbocycles. The van der Waals surface area contributed by atoms with E-state index in [0.717, 1.165) is 52.4 Å². The monoisotopic (exact) mass is 244 g/mol. The molecule has 1 rings (SSSR count). The highest BCUT2D eigenvalue weighted by Crippen LogP contribution is 1.87. The Bertz CT molecular complexity index is 187. The molecule has 0 spiro atoms. The topological polar surface area (TPSA) is 56.4 Å². The van der Waals surface area contributed by atoms with Gasteiger partial charge in [-0.15, -0.1) is 0 Å². The molecule has 1 fully saturated rings. The summed E-state index contributed by atoms with van der Waals surface area (Å²) < 4.78 is 0. The third-order valence-corrected chi connectivity index (χ3v) is 2.61. The summed E-state index contributed by atoms with van der Waals surface area (Å²) in [6.07, 6.45) is 0. The maximum Gasteiger partial charge on any atom is 0.143 e. The fourth-order valence-electron chi connectivity index (χ4n) is 1.79. The zero-order chi connectivity index (χ0) is 11.6. The van der Waals surface area contributed by atoms with E-state index in [1.807, 2.05) is 0 Å². The van der Waals surface area contributed by atoms with Crippen molar-refractivity contribution in [3.05, 3.63) is 0 Å². The van der Waals surface area contributed by atoms with Crippen molar-refractivity contribution >= 4 is 5.78 Å². The van der Waals surface area contributed by atoms with Crippen molar-refractivity contribution < 1.29 is 4.79 Å². The first-order valence-electron chi connectivity index (χ1n) is 6.13. The number of carbonyl (C=O) groups is 1. The van der Waals surface area contributed by atoms with Crippen LogP contribution in [0.1, 0.15) is 14.4 Å². The van der Waals surface area contributed by atoms with Gasteiger partial charge in [0.25, 0.3) is 0 Å². The molecule has 0 aliphatic carbocycles. The molecule has 0 aromatic heterocycles. The van der Waals surface area contributed by atoms with E-state index in [4.69, 9.17) is 0 Å². The average molecular weight is 244 g/mol. The molecule has 102 valence electrons. The molecular weight excluding hydrogens is 216 g/mol. The number of ketones is 1. The van der Waals surface area contributed by atoms with Gasteiger partial charge in [0.15, 0.2) is 0 Å². The molecule has 1 aliphatic rings. The Morgan fingerprint density at radius 2 is 1.35 bits per heavy atom. The van der Waals surface area contributed by atoms with Crippen LogP contribution < -0.4 is 16.0 Å². The lowest BCUT2D eigenvalue weighted by molar-refractivity contribution is -0.118. The molecule has 1 aliphatic heterocycles. The number of hydrogen-bond acceptors (Lipinski definition) is 5. The first-order valence-corrected chi connectivity index (χ1v) is 6.13. The van der Waals surface area contributed by atoms with E-state index in [0.29, 0.717) is 6.54 Å². The Kier molecular flexibility index (Phi) is 10.3. The Morgan fingerprint density at radius 3 is 1.76 bits per heavy atom. The van der Waals surface area contributed by atoms with Crippen LogP contribution in [0.25, 0.3) is 0 Å². The largest absolute Gasteiger partial charge is 0.314 e. The standard InChI is InChI=1S/C11H24N4O.CH4/c1-11(16)10-15-8-6-13-4-2-12-3-5-14-7-9-15;/h12-14H,2-10H2,1H3;1H4. The van der Waals surface area contributed by atoms with Crippen molar-refractivity contribution in [2.45, 2.75) is 14.4 Å². The number of hydrogen-bond donors (Lipinski definition) is 3. The minimum Gasteiger partial charge on any atom is -0.314 e. The highest BCUT2D eigenvalue weighted by atomic mass is 16.1. The summed E-state index contributed by atoms with van der Waals surface area (Å²) >= 11 is 0. The third-order valence-electron chi connectivity index (χ3n) is 2.61. The summed E-state index contributed by atoms with van der Waals surface area (Å²) in [5, 5.41) is 10.1. The minimum absolute atomic E-state index is 0. The molecule has 5 heteroatoms. The van der Waals surface area contributed by atoms with Crippen LogP contribution >= 0.6 is 0 Å². The van der Waals surface area contributed by atoms with E-state index in [1.54, 1.807) is 6.92 Å². The molecule has 0 aromatic rings. The van der Waals surface area contributed by atoms with Crippen molar-refractivity contribution in [2.24, 2.45) is 0 Å². The van der Waals surface area contributed by atoms with E-state index < -0.39 is 0 Å². The first kappa shape index (κ1) is 16.5. The summed E-state index contributed by atoms with van der Waals surface area (Å²) in [5.41, 5.74) is 0.